The number of hydrogen-bond donors (Lipinski definition) is 2. The van der Waals surface area contributed by atoms with Gasteiger partial charge in [-0.1, -0.05) is 6.07 Å². The summed E-state index contributed by atoms with van der Waals surface area (Å²) in [6.45, 7) is 1.08. The molecule has 0 fully saturated rings. The first-order valence-corrected chi connectivity index (χ1v) is 6.76. The van der Waals surface area contributed by atoms with Crippen molar-refractivity contribution >= 4 is 12.0 Å². The third-order valence-electron chi connectivity index (χ3n) is 2.96. The molecule has 0 radical (unpaired) electrons. The van der Waals surface area contributed by atoms with Crippen molar-refractivity contribution in [1.29, 1.82) is 0 Å². The zero-order valence-electron chi connectivity index (χ0n) is 11.3. The average Bonchev–Trinajstić information content (AvgIpc) is 2.92. The normalized spacial score (nSPS) is 12.8. The molecule has 0 saturated carbocycles. The van der Waals surface area contributed by atoms with Crippen molar-refractivity contribution in [2.75, 3.05) is 19.9 Å². The van der Waals surface area contributed by atoms with E-state index in [1.54, 1.807) is 6.08 Å². The fourth-order valence-corrected chi connectivity index (χ4v) is 1.87. The van der Waals surface area contributed by atoms with Crippen LogP contribution in [0.2, 0.25) is 0 Å². The number of unbranched alkanes of at least 4 members (excludes halogenated alkanes) is 2. The van der Waals surface area contributed by atoms with Crippen LogP contribution in [-0.4, -0.2) is 31.0 Å². The van der Waals surface area contributed by atoms with Crippen LogP contribution in [0.1, 0.15) is 24.8 Å². The van der Waals surface area contributed by atoms with Crippen LogP contribution in [-0.2, 0) is 4.79 Å². The minimum Gasteiger partial charge on any atom is -0.454 e. The molecule has 20 heavy (non-hydrogen) atoms. The molecule has 0 spiro atoms. The van der Waals surface area contributed by atoms with Crippen LogP contribution in [0.4, 0.5) is 0 Å². The summed E-state index contributed by atoms with van der Waals surface area (Å²) in [5, 5.41) is 11.4. The SMILES string of the molecule is O=C(/C=C/c1ccc2c(c1)OCO2)NCCCCCO. The Bertz CT molecular complexity index is 485. The Morgan fingerprint density at radius 3 is 2.95 bits per heavy atom. The van der Waals surface area contributed by atoms with E-state index >= 15 is 0 Å². The summed E-state index contributed by atoms with van der Waals surface area (Å²) in [7, 11) is 0. The molecule has 0 aromatic heterocycles. The summed E-state index contributed by atoms with van der Waals surface area (Å²) in [6, 6.07) is 5.54. The van der Waals surface area contributed by atoms with Crippen LogP contribution in [0, 0.1) is 0 Å². The van der Waals surface area contributed by atoms with Gasteiger partial charge in [0.05, 0.1) is 0 Å². The first kappa shape index (κ1) is 14.4. The van der Waals surface area contributed by atoms with Gasteiger partial charge in [-0.25, -0.2) is 0 Å². The number of benzene rings is 1. The minimum atomic E-state index is -0.119. The molecule has 1 heterocycles. The predicted molar refractivity (Wildman–Crippen MR) is 75.5 cm³/mol. The van der Waals surface area contributed by atoms with Gasteiger partial charge >= 0.3 is 0 Å². The molecule has 2 N–H and O–H groups in total. The van der Waals surface area contributed by atoms with E-state index < -0.39 is 0 Å². The maximum absolute atomic E-state index is 11.6. The lowest BCUT2D eigenvalue weighted by atomic mass is 10.2. The van der Waals surface area contributed by atoms with E-state index in [-0.39, 0.29) is 19.3 Å². The van der Waals surface area contributed by atoms with Gasteiger partial charge in [0.25, 0.3) is 0 Å². The number of nitrogens with one attached hydrogen (secondary N) is 1. The Labute approximate surface area is 118 Å². The van der Waals surface area contributed by atoms with E-state index in [0.29, 0.717) is 12.3 Å². The Kier molecular flexibility index (Phi) is 5.43. The molecule has 108 valence electrons. The number of aliphatic hydroxyl groups is 1. The lowest BCUT2D eigenvalue weighted by Crippen LogP contribution is -2.22. The molecule has 1 aromatic carbocycles. The lowest BCUT2D eigenvalue weighted by molar-refractivity contribution is -0.116. The number of rotatable bonds is 7. The van der Waals surface area contributed by atoms with Crippen LogP contribution < -0.4 is 14.8 Å². The van der Waals surface area contributed by atoms with Gasteiger partial charge in [0.2, 0.25) is 12.7 Å². The van der Waals surface area contributed by atoms with E-state index in [0.717, 1.165) is 30.6 Å². The average molecular weight is 277 g/mol. The largest absolute Gasteiger partial charge is 0.454 e. The van der Waals surface area contributed by atoms with Gasteiger partial charge in [-0.05, 0) is 43.0 Å². The van der Waals surface area contributed by atoms with Crippen molar-refractivity contribution in [2.45, 2.75) is 19.3 Å². The fourth-order valence-electron chi connectivity index (χ4n) is 1.87. The molecule has 2 rings (SSSR count). The van der Waals surface area contributed by atoms with Crippen LogP contribution in [0.5, 0.6) is 11.5 Å². The maximum Gasteiger partial charge on any atom is 0.243 e. The molecule has 0 unspecified atom stereocenters. The predicted octanol–water partition coefficient (Wildman–Crippen LogP) is 1.71. The number of aliphatic hydroxyl groups excluding tert-OH is 1. The summed E-state index contributed by atoms with van der Waals surface area (Å²) < 4.78 is 10.5. The highest BCUT2D eigenvalue weighted by atomic mass is 16.7. The Hall–Kier alpha value is -2.01. The third-order valence-corrected chi connectivity index (χ3v) is 2.96. The van der Waals surface area contributed by atoms with Gasteiger partial charge in [-0.3, -0.25) is 4.79 Å². The molecule has 1 aliphatic rings. The molecular weight excluding hydrogens is 258 g/mol. The topological polar surface area (TPSA) is 67.8 Å². The molecule has 1 amide bonds. The first-order chi connectivity index (χ1) is 9.79. The number of hydrogen-bond acceptors (Lipinski definition) is 4. The second-order valence-corrected chi connectivity index (χ2v) is 4.52. The zero-order chi connectivity index (χ0) is 14.2. The molecule has 5 heteroatoms. The Morgan fingerprint density at radius 1 is 1.25 bits per heavy atom. The lowest BCUT2D eigenvalue weighted by Gasteiger charge is -2.01. The fraction of sp³-hybridized carbons (Fsp3) is 0.400. The highest BCUT2D eigenvalue weighted by Gasteiger charge is 2.12. The number of fused-ring (bicyclic) bond motifs is 1. The van der Waals surface area contributed by atoms with Crippen LogP contribution in [0.15, 0.2) is 24.3 Å². The number of ether oxygens (including phenoxy) is 2. The van der Waals surface area contributed by atoms with Crippen molar-refractivity contribution in [1.82, 2.24) is 5.32 Å². The van der Waals surface area contributed by atoms with Crippen LogP contribution in [0.25, 0.3) is 6.08 Å². The van der Waals surface area contributed by atoms with E-state index in [9.17, 15) is 4.79 Å². The van der Waals surface area contributed by atoms with Crippen molar-refractivity contribution in [3.63, 3.8) is 0 Å². The zero-order valence-corrected chi connectivity index (χ0v) is 11.3. The van der Waals surface area contributed by atoms with E-state index in [2.05, 4.69) is 5.32 Å². The molecular formula is C15H19NO4. The summed E-state index contributed by atoms with van der Waals surface area (Å²) in [5.41, 5.74) is 0.893. The second kappa shape index (κ2) is 7.55. The van der Waals surface area contributed by atoms with E-state index in [1.807, 2.05) is 18.2 Å². The summed E-state index contributed by atoms with van der Waals surface area (Å²) in [5.74, 6) is 1.32. The summed E-state index contributed by atoms with van der Waals surface area (Å²) in [6.07, 6.45) is 5.82. The number of carbonyl (C=O) groups is 1. The second-order valence-electron chi connectivity index (χ2n) is 4.52. The van der Waals surface area contributed by atoms with Crippen molar-refractivity contribution < 1.29 is 19.4 Å². The maximum atomic E-state index is 11.6. The quantitative estimate of drug-likeness (QED) is 0.588. The molecule has 0 bridgehead atoms. The van der Waals surface area contributed by atoms with Crippen LogP contribution >= 0.6 is 0 Å². The third kappa shape index (κ3) is 4.28. The molecule has 5 nitrogen and oxygen atoms in total. The van der Waals surface area contributed by atoms with Gasteiger partial charge in [0.15, 0.2) is 11.5 Å². The summed E-state index contributed by atoms with van der Waals surface area (Å²) in [4.78, 5) is 11.6. The smallest absolute Gasteiger partial charge is 0.243 e. The Morgan fingerprint density at radius 2 is 2.10 bits per heavy atom. The van der Waals surface area contributed by atoms with Crippen LogP contribution in [0.3, 0.4) is 0 Å². The monoisotopic (exact) mass is 277 g/mol. The molecule has 1 aliphatic heterocycles. The van der Waals surface area contributed by atoms with E-state index in [4.69, 9.17) is 14.6 Å². The van der Waals surface area contributed by atoms with Gasteiger partial charge in [-0.15, -0.1) is 0 Å². The van der Waals surface area contributed by atoms with Gasteiger partial charge in [0.1, 0.15) is 0 Å². The molecule has 1 aromatic rings. The van der Waals surface area contributed by atoms with Crippen molar-refractivity contribution in [3.8, 4) is 11.5 Å². The molecule has 0 atom stereocenters. The first-order valence-electron chi connectivity index (χ1n) is 6.76. The van der Waals surface area contributed by atoms with E-state index in [1.165, 1.54) is 6.08 Å². The number of carbonyl (C=O) groups excluding carboxylic acids is 1. The van der Waals surface area contributed by atoms with Gasteiger partial charge in [-0.2, -0.15) is 0 Å². The highest BCUT2D eigenvalue weighted by Crippen LogP contribution is 2.32. The minimum absolute atomic E-state index is 0.119. The van der Waals surface area contributed by atoms with Crippen molar-refractivity contribution in [3.05, 3.63) is 29.8 Å². The molecule has 0 saturated heterocycles. The Balaban J connectivity index is 1.76. The van der Waals surface area contributed by atoms with Crippen molar-refractivity contribution in [2.24, 2.45) is 0 Å². The summed E-state index contributed by atoms with van der Waals surface area (Å²) >= 11 is 0. The standard InChI is InChI=1S/C15H19NO4/c17-9-3-1-2-8-16-15(18)7-5-12-4-6-13-14(10-12)20-11-19-13/h4-7,10,17H,1-3,8-9,11H2,(H,16,18)/b7-5+. The number of amides is 1. The molecule has 0 aliphatic carbocycles. The highest BCUT2D eigenvalue weighted by molar-refractivity contribution is 5.91. The van der Waals surface area contributed by atoms with Gasteiger partial charge < -0.3 is 19.9 Å². The van der Waals surface area contributed by atoms with Gasteiger partial charge in [0, 0.05) is 19.2 Å².